The quantitative estimate of drug-likeness (QED) is 0.750. The Hall–Kier alpha value is -1.36. The fraction of sp³-hybridized carbons (Fsp3) is 0.333. The molecule has 2 rings (SSSR count). The first-order valence-electron chi connectivity index (χ1n) is 4.36. The summed E-state index contributed by atoms with van der Waals surface area (Å²) in [6.45, 7) is 4.15. The molecule has 0 spiro atoms. The first kappa shape index (κ1) is 9.21. The lowest BCUT2D eigenvalue weighted by Crippen LogP contribution is -2.10. The summed E-state index contributed by atoms with van der Waals surface area (Å²) in [4.78, 5) is 19.2. The van der Waals surface area contributed by atoms with Crippen LogP contribution >= 0.6 is 11.3 Å². The number of aromatic amines is 1. The maximum absolute atomic E-state index is 11.5. The van der Waals surface area contributed by atoms with Crippen LogP contribution in [0.2, 0.25) is 0 Å². The van der Waals surface area contributed by atoms with Crippen LogP contribution in [0.1, 0.15) is 24.6 Å². The summed E-state index contributed by atoms with van der Waals surface area (Å²) in [5, 5.41) is 2.46. The van der Waals surface area contributed by atoms with Gasteiger partial charge in [0, 0.05) is 10.3 Å². The van der Waals surface area contributed by atoms with Crippen LogP contribution in [0, 0.1) is 0 Å². The van der Waals surface area contributed by atoms with E-state index in [-0.39, 0.29) is 11.5 Å². The molecule has 5 heteroatoms. The maximum atomic E-state index is 11.5. The molecule has 0 bridgehead atoms. The molecule has 0 saturated carbocycles. The van der Waals surface area contributed by atoms with Crippen molar-refractivity contribution in [3.63, 3.8) is 0 Å². The van der Waals surface area contributed by atoms with Gasteiger partial charge in [0.25, 0.3) is 5.56 Å². The van der Waals surface area contributed by atoms with Crippen molar-refractivity contribution >= 4 is 28.2 Å². The molecule has 0 fully saturated rings. The summed E-state index contributed by atoms with van der Waals surface area (Å²) < 4.78 is 0. The second kappa shape index (κ2) is 3.09. The molecule has 0 amide bonds. The zero-order chi connectivity index (χ0) is 10.3. The van der Waals surface area contributed by atoms with Gasteiger partial charge in [0.15, 0.2) is 0 Å². The summed E-state index contributed by atoms with van der Waals surface area (Å²) in [5.74, 6) is 0.550. The average molecular weight is 209 g/mol. The number of anilines is 1. The number of nitrogens with one attached hydrogen (secondary N) is 1. The molecule has 0 radical (unpaired) electrons. The predicted octanol–water partition coefficient (Wildman–Crippen LogP) is 1.69. The van der Waals surface area contributed by atoms with Crippen molar-refractivity contribution in [2.24, 2.45) is 0 Å². The van der Waals surface area contributed by atoms with Gasteiger partial charge in [-0.15, -0.1) is 11.3 Å². The molecule has 0 unspecified atom stereocenters. The van der Waals surface area contributed by atoms with E-state index in [1.807, 2.05) is 5.38 Å². The van der Waals surface area contributed by atoms with E-state index < -0.39 is 0 Å². The Bertz CT molecular complexity index is 526. The third kappa shape index (κ3) is 1.29. The van der Waals surface area contributed by atoms with Crippen molar-refractivity contribution in [3.05, 3.63) is 20.6 Å². The third-order valence-corrected chi connectivity index (χ3v) is 3.31. The van der Waals surface area contributed by atoms with Gasteiger partial charge in [-0.05, 0) is 5.92 Å². The van der Waals surface area contributed by atoms with E-state index in [2.05, 4.69) is 23.8 Å². The van der Waals surface area contributed by atoms with E-state index in [0.717, 1.165) is 10.4 Å². The van der Waals surface area contributed by atoms with Gasteiger partial charge in [-0.1, -0.05) is 13.8 Å². The average Bonchev–Trinajstić information content (AvgIpc) is 2.47. The number of thiophene rings is 1. The molecule has 0 aliphatic heterocycles. The monoisotopic (exact) mass is 209 g/mol. The van der Waals surface area contributed by atoms with Crippen LogP contribution in [0.5, 0.6) is 0 Å². The van der Waals surface area contributed by atoms with Gasteiger partial charge >= 0.3 is 0 Å². The highest BCUT2D eigenvalue weighted by Crippen LogP contribution is 2.28. The standard InChI is InChI=1S/C9H11N3OS/c1-4(2)7-6-5(3-14-7)8(13)12-9(10)11-6/h3-4H,1-2H3,(H3,10,11,12,13). The minimum absolute atomic E-state index is 0.157. The number of rotatable bonds is 1. The number of nitrogens with two attached hydrogens (primary N) is 1. The van der Waals surface area contributed by atoms with Crippen LogP contribution in [0.4, 0.5) is 5.95 Å². The highest BCUT2D eigenvalue weighted by Gasteiger charge is 2.12. The molecule has 2 heterocycles. The van der Waals surface area contributed by atoms with Crippen molar-refractivity contribution in [1.29, 1.82) is 0 Å². The molecule has 0 aliphatic carbocycles. The normalized spacial score (nSPS) is 11.4. The molecule has 0 atom stereocenters. The van der Waals surface area contributed by atoms with Gasteiger partial charge in [0.2, 0.25) is 5.95 Å². The zero-order valence-corrected chi connectivity index (χ0v) is 8.81. The lowest BCUT2D eigenvalue weighted by Gasteiger charge is -2.01. The number of H-pyrrole nitrogens is 1. The van der Waals surface area contributed by atoms with Crippen LogP contribution in [-0.2, 0) is 0 Å². The highest BCUT2D eigenvalue weighted by molar-refractivity contribution is 7.11. The van der Waals surface area contributed by atoms with E-state index in [4.69, 9.17) is 5.73 Å². The second-order valence-corrected chi connectivity index (χ2v) is 4.38. The zero-order valence-electron chi connectivity index (χ0n) is 8.00. The maximum Gasteiger partial charge on any atom is 0.261 e. The summed E-state index contributed by atoms with van der Waals surface area (Å²) in [5.41, 5.74) is 6.08. The first-order valence-corrected chi connectivity index (χ1v) is 5.24. The van der Waals surface area contributed by atoms with Crippen LogP contribution in [0.3, 0.4) is 0 Å². The van der Waals surface area contributed by atoms with Gasteiger partial charge in [0.05, 0.1) is 10.9 Å². The van der Waals surface area contributed by atoms with Crippen molar-refractivity contribution < 1.29 is 0 Å². The van der Waals surface area contributed by atoms with Gasteiger partial charge in [-0.2, -0.15) is 0 Å². The van der Waals surface area contributed by atoms with Gasteiger partial charge in [-0.3, -0.25) is 9.78 Å². The van der Waals surface area contributed by atoms with Crippen LogP contribution in [-0.4, -0.2) is 9.97 Å². The third-order valence-electron chi connectivity index (χ3n) is 2.04. The Morgan fingerprint density at radius 1 is 1.57 bits per heavy atom. The lowest BCUT2D eigenvalue weighted by molar-refractivity contribution is 0.893. The molecule has 0 aliphatic rings. The highest BCUT2D eigenvalue weighted by atomic mass is 32.1. The molecule has 74 valence electrons. The van der Waals surface area contributed by atoms with Crippen molar-refractivity contribution in [1.82, 2.24) is 9.97 Å². The van der Waals surface area contributed by atoms with Gasteiger partial charge in [-0.25, -0.2) is 4.98 Å². The van der Waals surface area contributed by atoms with Crippen LogP contribution in [0.25, 0.3) is 10.9 Å². The molecule has 0 aromatic carbocycles. The Kier molecular flexibility index (Phi) is 2.03. The van der Waals surface area contributed by atoms with Crippen molar-refractivity contribution in [2.45, 2.75) is 19.8 Å². The molecule has 3 N–H and O–H groups in total. The topological polar surface area (TPSA) is 71.8 Å². The SMILES string of the molecule is CC(C)c1scc2c(=O)[nH]c(N)nc12. The summed E-state index contributed by atoms with van der Waals surface area (Å²) in [6, 6.07) is 0. The van der Waals surface area contributed by atoms with E-state index in [0.29, 0.717) is 11.3 Å². The number of aromatic nitrogens is 2. The molecule has 2 aromatic heterocycles. The van der Waals surface area contributed by atoms with E-state index in [1.54, 1.807) is 11.3 Å². The number of hydrogen-bond acceptors (Lipinski definition) is 4. The van der Waals surface area contributed by atoms with Crippen molar-refractivity contribution in [2.75, 3.05) is 5.73 Å². The largest absolute Gasteiger partial charge is 0.369 e. The van der Waals surface area contributed by atoms with Crippen LogP contribution in [0.15, 0.2) is 10.2 Å². The van der Waals surface area contributed by atoms with Gasteiger partial charge < -0.3 is 5.73 Å². The molecule has 14 heavy (non-hydrogen) atoms. The van der Waals surface area contributed by atoms with E-state index >= 15 is 0 Å². The Labute approximate surface area is 84.8 Å². The van der Waals surface area contributed by atoms with E-state index in [1.165, 1.54) is 0 Å². The van der Waals surface area contributed by atoms with Crippen molar-refractivity contribution in [3.8, 4) is 0 Å². The fourth-order valence-corrected chi connectivity index (χ4v) is 2.39. The Balaban J connectivity index is 2.85. The summed E-state index contributed by atoms with van der Waals surface area (Å²) in [6.07, 6.45) is 0. The number of nitrogens with zero attached hydrogens (tertiary/aromatic N) is 1. The Morgan fingerprint density at radius 3 is 2.93 bits per heavy atom. The smallest absolute Gasteiger partial charge is 0.261 e. The van der Waals surface area contributed by atoms with Crippen LogP contribution < -0.4 is 11.3 Å². The minimum Gasteiger partial charge on any atom is -0.369 e. The molecular formula is C9H11N3OS. The number of hydrogen-bond donors (Lipinski definition) is 2. The lowest BCUT2D eigenvalue weighted by atomic mass is 10.1. The predicted molar refractivity (Wildman–Crippen MR) is 58.7 cm³/mol. The second-order valence-electron chi connectivity index (χ2n) is 3.47. The summed E-state index contributed by atoms with van der Waals surface area (Å²) in [7, 11) is 0. The summed E-state index contributed by atoms with van der Waals surface area (Å²) >= 11 is 1.56. The minimum atomic E-state index is -0.157. The fourth-order valence-electron chi connectivity index (χ4n) is 1.38. The number of fused-ring (bicyclic) bond motifs is 1. The van der Waals surface area contributed by atoms with Gasteiger partial charge in [0.1, 0.15) is 0 Å². The first-order chi connectivity index (χ1) is 6.59. The molecule has 2 aromatic rings. The molecule has 4 nitrogen and oxygen atoms in total. The Morgan fingerprint density at radius 2 is 2.29 bits per heavy atom. The molecule has 0 saturated heterocycles. The van der Waals surface area contributed by atoms with E-state index in [9.17, 15) is 4.79 Å². The molecular weight excluding hydrogens is 198 g/mol. The number of nitrogen functional groups attached to an aromatic ring is 1.